The topological polar surface area (TPSA) is 80.9 Å². The Morgan fingerprint density at radius 2 is 2.14 bits per heavy atom. The zero-order valence-electron chi connectivity index (χ0n) is 11.6. The van der Waals surface area contributed by atoms with Gasteiger partial charge in [-0.25, -0.2) is 4.98 Å². The standard InChI is InChI=1S/C14H14N4OS2/c1-7(2)18-12-8-3-10(11-5-16-6-20-11)21-14(8)17-4-9(12)13(15)19/h3-7H,1-2H3,(H2,15,19)(H,17,18). The van der Waals surface area contributed by atoms with E-state index in [2.05, 4.69) is 15.3 Å². The molecule has 0 aliphatic heterocycles. The lowest BCUT2D eigenvalue weighted by molar-refractivity contribution is 0.100. The van der Waals surface area contributed by atoms with E-state index in [0.717, 1.165) is 25.7 Å². The van der Waals surface area contributed by atoms with E-state index >= 15 is 0 Å². The van der Waals surface area contributed by atoms with Crippen molar-refractivity contribution in [1.29, 1.82) is 0 Å². The van der Waals surface area contributed by atoms with E-state index in [1.807, 2.05) is 26.1 Å². The number of anilines is 1. The van der Waals surface area contributed by atoms with Crippen molar-refractivity contribution in [3.8, 4) is 9.75 Å². The summed E-state index contributed by atoms with van der Waals surface area (Å²) in [4.78, 5) is 23.1. The fraction of sp³-hybridized carbons (Fsp3) is 0.214. The van der Waals surface area contributed by atoms with Crippen LogP contribution in [0.5, 0.6) is 0 Å². The second kappa shape index (κ2) is 5.42. The Hall–Kier alpha value is -1.99. The van der Waals surface area contributed by atoms with Crippen LogP contribution in [0.2, 0.25) is 0 Å². The van der Waals surface area contributed by atoms with Crippen molar-refractivity contribution in [1.82, 2.24) is 9.97 Å². The molecule has 3 rings (SSSR count). The fourth-order valence-corrected chi connectivity index (χ4v) is 3.80. The molecule has 0 bridgehead atoms. The first kappa shape index (κ1) is 14.0. The van der Waals surface area contributed by atoms with Crippen LogP contribution >= 0.6 is 22.7 Å². The maximum absolute atomic E-state index is 11.6. The summed E-state index contributed by atoms with van der Waals surface area (Å²) in [7, 11) is 0. The molecule has 21 heavy (non-hydrogen) atoms. The summed E-state index contributed by atoms with van der Waals surface area (Å²) in [5, 5.41) is 4.23. The summed E-state index contributed by atoms with van der Waals surface area (Å²) in [6.07, 6.45) is 3.38. The van der Waals surface area contributed by atoms with Crippen LogP contribution in [0.4, 0.5) is 5.69 Å². The Kier molecular flexibility index (Phi) is 3.60. The highest BCUT2D eigenvalue weighted by molar-refractivity contribution is 7.25. The summed E-state index contributed by atoms with van der Waals surface area (Å²) in [6.45, 7) is 4.04. The van der Waals surface area contributed by atoms with Gasteiger partial charge in [-0.15, -0.1) is 22.7 Å². The maximum atomic E-state index is 11.6. The van der Waals surface area contributed by atoms with Gasteiger partial charge in [-0.3, -0.25) is 9.78 Å². The number of rotatable bonds is 4. The van der Waals surface area contributed by atoms with Crippen molar-refractivity contribution in [2.75, 3.05) is 5.32 Å². The molecule has 3 aromatic rings. The van der Waals surface area contributed by atoms with E-state index in [0.29, 0.717) is 5.56 Å². The Morgan fingerprint density at radius 3 is 2.76 bits per heavy atom. The van der Waals surface area contributed by atoms with Crippen molar-refractivity contribution >= 4 is 44.5 Å². The molecular weight excluding hydrogens is 304 g/mol. The number of amides is 1. The lowest BCUT2D eigenvalue weighted by atomic mass is 10.1. The molecular formula is C14H14N4OS2. The van der Waals surface area contributed by atoms with Gasteiger partial charge in [0, 0.05) is 28.7 Å². The van der Waals surface area contributed by atoms with Crippen LogP contribution in [-0.4, -0.2) is 21.9 Å². The number of aromatic nitrogens is 2. The predicted octanol–water partition coefficient (Wildman–Crippen LogP) is 3.34. The van der Waals surface area contributed by atoms with Crippen molar-refractivity contribution < 1.29 is 4.79 Å². The van der Waals surface area contributed by atoms with Crippen LogP contribution in [0.1, 0.15) is 24.2 Å². The number of pyridine rings is 1. The van der Waals surface area contributed by atoms with Gasteiger partial charge in [-0.05, 0) is 19.9 Å². The van der Waals surface area contributed by atoms with Gasteiger partial charge in [-0.1, -0.05) is 0 Å². The van der Waals surface area contributed by atoms with Gasteiger partial charge in [0.25, 0.3) is 5.91 Å². The predicted molar refractivity (Wildman–Crippen MR) is 88.0 cm³/mol. The molecule has 0 fully saturated rings. The van der Waals surface area contributed by atoms with Gasteiger partial charge < -0.3 is 11.1 Å². The first-order valence-corrected chi connectivity index (χ1v) is 8.13. The van der Waals surface area contributed by atoms with Crippen LogP contribution < -0.4 is 11.1 Å². The number of carbonyl (C=O) groups is 1. The number of nitrogens with one attached hydrogen (secondary N) is 1. The highest BCUT2D eigenvalue weighted by atomic mass is 32.1. The number of nitrogens with zero attached hydrogens (tertiary/aromatic N) is 2. The molecule has 0 unspecified atom stereocenters. The van der Waals surface area contributed by atoms with Crippen molar-refractivity contribution in [2.45, 2.75) is 19.9 Å². The van der Waals surface area contributed by atoms with E-state index in [1.54, 1.807) is 34.4 Å². The molecule has 0 aliphatic rings. The van der Waals surface area contributed by atoms with Gasteiger partial charge in [-0.2, -0.15) is 0 Å². The molecule has 0 radical (unpaired) electrons. The van der Waals surface area contributed by atoms with E-state index in [1.165, 1.54) is 0 Å². The number of thiazole rings is 1. The summed E-state index contributed by atoms with van der Waals surface area (Å²) in [5.41, 5.74) is 8.44. The minimum atomic E-state index is -0.474. The molecule has 0 aliphatic carbocycles. The lowest BCUT2D eigenvalue weighted by Gasteiger charge is -2.13. The number of fused-ring (bicyclic) bond motifs is 1. The minimum absolute atomic E-state index is 0.195. The number of hydrogen-bond donors (Lipinski definition) is 2. The van der Waals surface area contributed by atoms with Crippen LogP contribution in [-0.2, 0) is 0 Å². The number of hydrogen-bond acceptors (Lipinski definition) is 6. The summed E-state index contributed by atoms with van der Waals surface area (Å²) >= 11 is 3.16. The van der Waals surface area contributed by atoms with Crippen molar-refractivity contribution in [3.05, 3.63) is 29.5 Å². The van der Waals surface area contributed by atoms with Crippen LogP contribution in [0.25, 0.3) is 20.0 Å². The molecule has 0 saturated carbocycles. The normalized spacial score (nSPS) is 11.2. The molecule has 3 aromatic heterocycles. The Balaban J connectivity index is 2.21. The molecule has 108 valence electrons. The quantitative estimate of drug-likeness (QED) is 0.773. The molecule has 0 spiro atoms. The lowest BCUT2D eigenvalue weighted by Crippen LogP contribution is -2.18. The van der Waals surface area contributed by atoms with Gasteiger partial charge in [0.05, 0.1) is 21.6 Å². The van der Waals surface area contributed by atoms with E-state index < -0.39 is 5.91 Å². The molecule has 3 N–H and O–H groups in total. The Bertz CT molecular complexity index is 793. The zero-order chi connectivity index (χ0) is 15.0. The summed E-state index contributed by atoms with van der Waals surface area (Å²) < 4.78 is 0. The van der Waals surface area contributed by atoms with Gasteiger partial charge in [0.15, 0.2) is 0 Å². The molecule has 0 atom stereocenters. The minimum Gasteiger partial charge on any atom is -0.382 e. The Labute approximate surface area is 129 Å². The first-order chi connectivity index (χ1) is 10.1. The van der Waals surface area contributed by atoms with Crippen LogP contribution in [0.15, 0.2) is 24.0 Å². The second-order valence-corrected chi connectivity index (χ2v) is 6.82. The SMILES string of the molecule is CC(C)Nc1c(C(N)=O)cnc2sc(-c3cncs3)cc12. The van der Waals surface area contributed by atoms with Gasteiger partial charge >= 0.3 is 0 Å². The fourth-order valence-electron chi connectivity index (χ4n) is 2.08. The Morgan fingerprint density at radius 1 is 1.33 bits per heavy atom. The van der Waals surface area contributed by atoms with Crippen LogP contribution in [0, 0.1) is 0 Å². The maximum Gasteiger partial charge on any atom is 0.252 e. The van der Waals surface area contributed by atoms with Crippen molar-refractivity contribution in [2.24, 2.45) is 5.73 Å². The largest absolute Gasteiger partial charge is 0.382 e. The van der Waals surface area contributed by atoms with E-state index in [-0.39, 0.29) is 6.04 Å². The molecule has 3 heterocycles. The third-order valence-corrected chi connectivity index (χ3v) is 4.95. The molecule has 0 aromatic carbocycles. The molecule has 0 saturated heterocycles. The number of nitrogens with two attached hydrogens (primary N) is 1. The molecule has 5 nitrogen and oxygen atoms in total. The van der Waals surface area contributed by atoms with E-state index in [9.17, 15) is 4.79 Å². The van der Waals surface area contributed by atoms with Gasteiger partial charge in [0.1, 0.15) is 4.83 Å². The smallest absolute Gasteiger partial charge is 0.252 e. The number of thiophene rings is 1. The third kappa shape index (κ3) is 2.62. The third-order valence-electron chi connectivity index (χ3n) is 2.94. The monoisotopic (exact) mass is 318 g/mol. The molecule has 7 heteroatoms. The highest BCUT2D eigenvalue weighted by Crippen LogP contribution is 2.38. The van der Waals surface area contributed by atoms with Crippen LogP contribution in [0.3, 0.4) is 0 Å². The summed E-state index contributed by atoms with van der Waals surface area (Å²) in [6, 6.07) is 2.23. The number of primary amides is 1. The van der Waals surface area contributed by atoms with E-state index in [4.69, 9.17) is 5.73 Å². The first-order valence-electron chi connectivity index (χ1n) is 6.44. The second-order valence-electron chi connectivity index (χ2n) is 4.91. The average Bonchev–Trinajstić information content (AvgIpc) is 3.06. The number of carbonyl (C=O) groups excluding carboxylic acids is 1. The average molecular weight is 318 g/mol. The van der Waals surface area contributed by atoms with Gasteiger partial charge in [0.2, 0.25) is 0 Å². The molecule has 1 amide bonds. The van der Waals surface area contributed by atoms with Crippen molar-refractivity contribution in [3.63, 3.8) is 0 Å². The zero-order valence-corrected chi connectivity index (χ0v) is 13.2. The summed E-state index contributed by atoms with van der Waals surface area (Å²) in [5.74, 6) is -0.474. The highest BCUT2D eigenvalue weighted by Gasteiger charge is 2.17.